The first-order valence-electron chi connectivity index (χ1n) is 12.6. The third kappa shape index (κ3) is 11.1. The number of rotatable bonds is 18. The third-order valence-corrected chi connectivity index (χ3v) is 7.94. The summed E-state index contributed by atoms with van der Waals surface area (Å²) in [6, 6.07) is 2.92. The Morgan fingerprint density at radius 1 is 0.778 bits per heavy atom. The Morgan fingerprint density at radius 2 is 1.19 bits per heavy atom. The largest absolute Gasteiger partial charge is 0.488 e. The zero-order valence-electron chi connectivity index (χ0n) is 21.0. The third-order valence-electron chi connectivity index (χ3n) is 5.71. The van der Waals surface area contributed by atoms with E-state index in [9.17, 15) is 9.59 Å². The SMILES string of the molecule is NCCCC[C@H](N)C(=O)NCCOc1cc2c(cc1OCCNC(=O)[C@@H](N)CCCCN)CSSC2. The lowest BCUT2D eigenvalue weighted by atomic mass is 10.1. The Hall–Kier alpha value is -1.70. The van der Waals surface area contributed by atoms with Gasteiger partial charge in [0, 0.05) is 11.5 Å². The first kappa shape index (κ1) is 30.5. The topological polar surface area (TPSA) is 181 Å². The second-order valence-corrected chi connectivity index (χ2v) is 11.1. The number of hydrogen-bond acceptors (Lipinski definition) is 10. The minimum absolute atomic E-state index is 0.192. The van der Waals surface area contributed by atoms with Crippen molar-refractivity contribution in [3.8, 4) is 11.5 Å². The van der Waals surface area contributed by atoms with Crippen LogP contribution in [0.3, 0.4) is 0 Å². The van der Waals surface area contributed by atoms with Crippen molar-refractivity contribution in [2.75, 3.05) is 39.4 Å². The molecule has 2 atom stereocenters. The lowest BCUT2D eigenvalue weighted by molar-refractivity contribution is -0.123. The second kappa shape index (κ2) is 17.7. The lowest BCUT2D eigenvalue weighted by Crippen LogP contribution is -2.42. The molecule has 1 aliphatic rings. The molecule has 1 aromatic carbocycles. The number of nitrogens with two attached hydrogens (primary N) is 4. The van der Waals surface area contributed by atoms with Gasteiger partial charge in [0.25, 0.3) is 0 Å². The number of nitrogens with one attached hydrogen (secondary N) is 2. The van der Waals surface area contributed by atoms with Crippen LogP contribution in [0.1, 0.15) is 49.7 Å². The highest BCUT2D eigenvalue weighted by Crippen LogP contribution is 2.41. The molecule has 0 saturated carbocycles. The predicted molar refractivity (Wildman–Crippen MR) is 148 cm³/mol. The molecule has 10 N–H and O–H groups in total. The van der Waals surface area contributed by atoms with Gasteiger partial charge in [-0.15, -0.1) is 0 Å². The number of amides is 2. The van der Waals surface area contributed by atoms with Gasteiger partial charge in [-0.05, 0) is 62.0 Å². The van der Waals surface area contributed by atoms with Crippen LogP contribution in [0.15, 0.2) is 12.1 Å². The summed E-state index contributed by atoms with van der Waals surface area (Å²) < 4.78 is 11.9. The maximum Gasteiger partial charge on any atom is 0.237 e. The first-order chi connectivity index (χ1) is 17.5. The molecule has 0 unspecified atom stereocenters. The predicted octanol–water partition coefficient (Wildman–Crippen LogP) is 0.984. The van der Waals surface area contributed by atoms with Crippen molar-refractivity contribution in [3.63, 3.8) is 0 Å². The number of ether oxygens (including phenoxy) is 2. The highest BCUT2D eigenvalue weighted by atomic mass is 33.1. The van der Waals surface area contributed by atoms with Crippen LogP contribution in [0.2, 0.25) is 0 Å². The van der Waals surface area contributed by atoms with Gasteiger partial charge in [-0.3, -0.25) is 9.59 Å². The van der Waals surface area contributed by atoms with Crippen molar-refractivity contribution in [1.29, 1.82) is 0 Å². The van der Waals surface area contributed by atoms with Gasteiger partial charge in [0.1, 0.15) is 13.2 Å². The van der Waals surface area contributed by atoms with E-state index in [-0.39, 0.29) is 25.0 Å². The van der Waals surface area contributed by atoms with Crippen LogP contribution in [-0.2, 0) is 21.1 Å². The van der Waals surface area contributed by atoms with E-state index in [1.54, 1.807) is 21.6 Å². The van der Waals surface area contributed by atoms with Crippen LogP contribution in [-0.4, -0.2) is 63.3 Å². The van der Waals surface area contributed by atoms with Crippen LogP contribution in [0.4, 0.5) is 0 Å². The molecule has 36 heavy (non-hydrogen) atoms. The first-order valence-corrected chi connectivity index (χ1v) is 15.1. The number of hydrogen-bond donors (Lipinski definition) is 6. The van der Waals surface area contributed by atoms with E-state index in [4.69, 9.17) is 32.4 Å². The number of fused-ring (bicyclic) bond motifs is 1. The van der Waals surface area contributed by atoms with E-state index in [2.05, 4.69) is 10.6 Å². The van der Waals surface area contributed by atoms with Crippen molar-refractivity contribution in [2.24, 2.45) is 22.9 Å². The molecular formula is C24H42N6O4S2. The standard InChI is InChI=1S/C24H42N6O4S2/c25-7-3-1-5-19(27)23(31)29-9-11-33-21-13-17-15-35-36-16-18(17)14-22(21)34-12-10-30-24(32)20(28)6-2-4-8-26/h13-14,19-20H,1-12,15-16,25-28H2,(H,29,31)(H,30,32)/t19-,20-/m0/s1. The molecule has 2 rings (SSSR count). The van der Waals surface area contributed by atoms with E-state index in [0.29, 0.717) is 50.5 Å². The minimum Gasteiger partial charge on any atom is -0.488 e. The molecule has 0 bridgehead atoms. The van der Waals surface area contributed by atoms with Gasteiger partial charge in [0.2, 0.25) is 11.8 Å². The summed E-state index contributed by atoms with van der Waals surface area (Å²) in [6.45, 7) is 2.43. The van der Waals surface area contributed by atoms with Gasteiger partial charge in [-0.2, -0.15) is 0 Å². The molecule has 0 radical (unpaired) electrons. The summed E-state index contributed by atoms with van der Waals surface area (Å²) in [7, 11) is 3.61. The van der Waals surface area contributed by atoms with Crippen LogP contribution < -0.4 is 43.0 Å². The molecule has 0 fully saturated rings. The highest BCUT2D eigenvalue weighted by molar-refractivity contribution is 8.76. The monoisotopic (exact) mass is 542 g/mol. The summed E-state index contributed by atoms with van der Waals surface area (Å²) >= 11 is 0. The molecular weight excluding hydrogens is 500 g/mol. The number of carbonyl (C=O) groups excluding carboxylic acids is 2. The lowest BCUT2D eigenvalue weighted by Gasteiger charge is -2.20. The summed E-state index contributed by atoms with van der Waals surface area (Å²) in [5.41, 5.74) is 25.3. The van der Waals surface area contributed by atoms with Crippen molar-refractivity contribution < 1.29 is 19.1 Å². The fourth-order valence-electron chi connectivity index (χ4n) is 3.56. The zero-order valence-corrected chi connectivity index (χ0v) is 22.6. The van der Waals surface area contributed by atoms with Crippen LogP contribution in [0, 0.1) is 0 Å². The van der Waals surface area contributed by atoms with E-state index in [1.807, 2.05) is 12.1 Å². The van der Waals surface area contributed by atoms with Crippen molar-refractivity contribution in [1.82, 2.24) is 10.6 Å². The van der Waals surface area contributed by atoms with Gasteiger partial charge < -0.3 is 43.0 Å². The Balaban J connectivity index is 1.83. The van der Waals surface area contributed by atoms with E-state index < -0.39 is 12.1 Å². The summed E-state index contributed by atoms with van der Waals surface area (Å²) in [5.74, 6) is 2.64. The molecule has 0 aliphatic carbocycles. The highest BCUT2D eigenvalue weighted by Gasteiger charge is 2.18. The molecule has 204 valence electrons. The Kier molecular flexibility index (Phi) is 15.0. The van der Waals surface area contributed by atoms with E-state index >= 15 is 0 Å². The molecule has 2 amide bonds. The fraction of sp³-hybridized carbons (Fsp3) is 0.667. The summed E-state index contributed by atoms with van der Waals surface area (Å²) in [4.78, 5) is 24.3. The fourth-order valence-corrected chi connectivity index (χ4v) is 5.78. The average molecular weight is 543 g/mol. The molecule has 0 spiro atoms. The number of carbonyl (C=O) groups is 2. The van der Waals surface area contributed by atoms with Gasteiger partial charge >= 0.3 is 0 Å². The van der Waals surface area contributed by atoms with Gasteiger partial charge in [-0.1, -0.05) is 34.4 Å². The smallest absolute Gasteiger partial charge is 0.237 e. The maximum absolute atomic E-state index is 12.2. The van der Waals surface area contributed by atoms with E-state index in [0.717, 1.165) is 37.2 Å². The molecule has 1 aromatic rings. The van der Waals surface area contributed by atoms with E-state index in [1.165, 1.54) is 11.1 Å². The Labute approximate surface area is 222 Å². The molecule has 1 aliphatic heterocycles. The number of unbranched alkanes of at least 4 members (excludes halogenated alkanes) is 2. The molecule has 10 nitrogen and oxygen atoms in total. The normalized spacial score (nSPS) is 14.4. The second-order valence-electron chi connectivity index (χ2n) is 8.65. The summed E-state index contributed by atoms with van der Waals surface area (Å²) in [5, 5.41) is 5.64. The van der Waals surface area contributed by atoms with Gasteiger partial charge in [0.05, 0.1) is 25.2 Å². The summed E-state index contributed by atoms with van der Waals surface area (Å²) in [6.07, 6.45) is 4.58. The van der Waals surface area contributed by atoms with Crippen molar-refractivity contribution >= 4 is 33.4 Å². The molecule has 12 heteroatoms. The van der Waals surface area contributed by atoms with Crippen LogP contribution in [0.5, 0.6) is 11.5 Å². The molecule has 1 heterocycles. The Morgan fingerprint density at radius 3 is 1.58 bits per heavy atom. The maximum atomic E-state index is 12.2. The zero-order chi connectivity index (χ0) is 26.2. The quantitative estimate of drug-likeness (QED) is 0.116. The number of benzene rings is 1. The average Bonchev–Trinajstić information content (AvgIpc) is 2.88. The molecule has 0 saturated heterocycles. The van der Waals surface area contributed by atoms with Gasteiger partial charge in [-0.25, -0.2) is 0 Å². The Bertz CT molecular complexity index is 752. The van der Waals surface area contributed by atoms with Crippen LogP contribution >= 0.6 is 21.6 Å². The van der Waals surface area contributed by atoms with Crippen molar-refractivity contribution in [3.05, 3.63) is 23.3 Å². The van der Waals surface area contributed by atoms with Crippen molar-refractivity contribution in [2.45, 2.75) is 62.1 Å². The molecule has 0 aromatic heterocycles. The minimum atomic E-state index is -0.544. The van der Waals surface area contributed by atoms with Crippen LogP contribution in [0.25, 0.3) is 0 Å². The van der Waals surface area contributed by atoms with Gasteiger partial charge in [0.15, 0.2) is 11.5 Å².